The maximum Gasteiger partial charge on any atom is 1.00 e. The van der Waals surface area contributed by atoms with Crippen molar-refractivity contribution in [3.05, 3.63) is 191 Å². The SMILES string of the molecule is CCC1CCCCC1.CCOC(=O)C1CCN(c2nc(-c3cc(C)ccc3OCc3ccc(Br)cc3C)cs2)CC1.CCOC(=O)C1CCN(c2nc(-c3cc(C)ccc3OCc3ccc(C(=O)N(C)C4CCCCC4)cc3C)cs2)CC1.Cc1ccc(OCc2ccc(C(=O)N(C)C3CCCCC3)cc2C)c(-c2csc(N3CCC(C(=O)O)CC3)n2)c1.[Na+].[OH-]. The molecule has 6 aliphatic rings. The van der Waals surface area contributed by atoms with Crippen LogP contribution < -0.4 is 58.5 Å². The maximum atomic E-state index is 13.2. The van der Waals surface area contributed by atoms with E-state index in [0.717, 1.165) is 204 Å². The average molecular weight is 1830 g/mol. The van der Waals surface area contributed by atoms with Gasteiger partial charge in [-0.15, -0.1) is 34.0 Å². The Kier molecular flexibility index (Phi) is 38.7. The summed E-state index contributed by atoms with van der Waals surface area (Å²) in [6, 6.07) is 37.3. The first-order valence-corrected chi connectivity index (χ1v) is 48.3. The molecule has 2 amide bonds. The summed E-state index contributed by atoms with van der Waals surface area (Å²) in [5.41, 5.74) is 17.1. The zero-order valence-electron chi connectivity index (χ0n) is 75.6. The molecule has 2 N–H and O–H groups in total. The third kappa shape index (κ3) is 27.4. The molecular weight excluding hydrogens is 1700 g/mol. The molecule has 15 rings (SSSR count). The molecule has 6 aromatic carbocycles. The van der Waals surface area contributed by atoms with Crippen molar-refractivity contribution in [2.24, 2.45) is 23.7 Å². The van der Waals surface area contributed by atoms with Gasteiger partial charge < -0.3 is 58.8 Å². The van der Waals surface area contributed by atoms with Crippen molar-refractivity contribution in [1.82, 2.24) is 24.8 Å². The van der Waals surface area contributed by atoms with Gasteiger partial charge in [0.1, 0.15) is 37.1 Å². The number of anilines is 3. The van der Waals surface area contributed by atoms with Crippen LogP contribution in [0.25, 0.3) is 33.8 Å². The Labute approximate surface area is 783 Å². The molecule has 0 atom stereocenters. The number of amides is 2. The molecule has 9 aromatic rings. The maximum absolute atomic E-state index is 13.2. The van der Waals surface area contributed by atoms with Crippen LogP contribution in [0.5, 0.6) is 17.2 Å². The first-order chi connectivity index (χ1) is 59.5. The van der Waals surface area contributed by atoms with Gasteiger partial charge in [-0.05, 0) is 232 Å². The number of carbonyl (C=O) groups is 5. The van der Waals surface area contributed by atoms with Crippen molar-refractivity contribution in [3.8, 4) is 51.0 Å². The molecule has 3 saturated carbocycles. The standard InChI is InChI=1S/C34H43N3O4S.C32H39N3O4S.C26H29BrN2O3S.C8H16.Na.H2O/c1-5-40-33(39)25-15-17-37(18-16-25)34-35-30(22-42-34)29-19-23(2)11-14-31(29)41-21-27-13-12-26(20-24(27)3)32(38)36(4)28-9-7-6-8-10-28;1-21-9-12-29(27(17-21)28-20-40-32(33-28)35-15-13-23(14-16-35)31(37)38)39-19-25-11-10-24(18-22(25)2)30(36)34(3)26-7-5-4-6-8-26;1-4-31-25(30)19-9-11-29(12-10-19)26-28-23(16-33-26)22-13-17(2)5-8-24(22)32-15-20-6-7-21(27)14-18(20)3;1-2-8-6-4-3-5-7-8;;/h11-14,19-20,22,25,28H,5-10,15-18,21H2,1-4H3;9-12,17-18,20,23,26H,4-8,13-16,19H2,1-3H3,(H,37,38);5-8,13-14,16,19H,4,9-12,15H2,1-3H3;8H,2-7H2,1H3;;1H2/q;;;;+1;/p-1. The van der Waals surface area contributed by atoms with Gasteiger partial charge in [0.05, 0.1) is 48.0 Å². The molecule has 20 nitrogen and oxygen atoms in total. The molecular formula is C100H128BrN8NaO12S3. The molecule has 0 unspecified atom stereocenters. The third-order valence-corrected chi connectivity index (χ3v) is 28.6. The topological polar surface area (TPSA) is 237 Å². The van der Waals surface area contributed by atoms with Crippen molar-refractivity contribution in [1.29, 1.82) is 0 Å². The number of aliphatic carboxylic acids is 1. The fraction of sp³-hybridized carbons (Fsp3) is 0.500. The predicted octanol–water partition coefficient (Wildman–Crippen LogP) is 20.3. The van der Waals surface area contributed by atoms with Crippen molar-refractivity contribution < 1.29 is 87.8 Å². The number of benzene rings is 6. The van der Waals surface area contributed by atoms with Crippen LogP contribution in [-0.2, 0) is 43.7 Å². The van der Waals surface area contributed by atoms with Gasteiger partial charge >= 0.3 is 47.5 Å². The van der Waals surface area contributed by atoms with Gasteiger partial charge in [-0.1, -0.05) is 153 Å². The molecule has 6 heterocycles. The van der Waals surface area contributed by atoms with Crippen LogP contribution in [0, 0.1) is 65.2 Å². The van der Waals surface area contributed by atoms with Gasteiger partial charge in [-0.2, -0.15) is 0 Å². The van der Waals surface area contributed by atoms with E-state index >= 15 is 0 Å². The summed E-state index contributed by atoms with van der Waals surface area (Å²) in [5.74, 6) is 2.53. The first kappa shape index (κ1) is 99.0. The number of aryl methyl sites for hydroxylation is 6. The van der Waals surface area contributed by atoms with E-state index in [4.69, 9.17) is 38.6 Å². The number of piperidine rings is 3. The minimum Gasteiger partial charge on any atom is -0.870 e. The van der Waals surface area contributed by atoms with E-state index in [2.05, 4.69) is 124 Å². The van der Waals surface area contributed by atoms with E-state index in [1.165, 1.54) is 88.2 Å². The van der Waals surface area contributed by atoms with Crippen molar-refractivity contribution in [3.63, 3.8) is 0 Å². The summed E-state index contributed by atoms with van der Waals surface area (Å²) in [4.78, 5) is 87.2. The first-order valence-electron chi connectivity index (χ1n) is 44.9. The van der Waals surface area contributed by atoms with Gasteiger partial charge in [-0.3, -0.25) is 24.0 Å². The molecule has 0 spiro atoms. The van der Waals surface area contributed by atoms with Gasteiger partial charge in [0.2, 0.25) is 0 Å². The Morgan fingerprint density at radius 1 is 0.424 bits per heavy atom. The second kappa shape index (κ2) is 48.8. The number of nitrogens with zero attached hydrogens (tertiary/aromatic N) is 8. The number of halogens is 1. The monoisotopic (exact) mass is 1830 g/mol. The zero-order chi connectivity index (χ0) is 87.1. The van der Waals surface area contributed by atoms with Gasteiger partial charge in [0, 0.05) is 114 Å². The largest absolute Gasteiger partial charge is 1.00 e. The van der Waals surface area contributed by atoms with Gasteiger partial charge in [0.15, 0.2) is 15.4 Å². The molecule has 666 valence electrons. The molecule has 0 radical (unpaired) electrons. The molecule has 3 saturated heterocycles. The molecule has 3 aliphatic carbocycles. The molecule has 6 fully saturated rings. The van der Waals surface area contributed by atoms with E-state index in [9.17, 15) is 29.1 Å². The van der Waals surface area contributed by atoms with Gasteiger partial charge in [0.25, 0.3) is 11.8 Å². The average Bonchev–Trinajstić information content (AvgIpc) is 1.75. The molecule has 125 heavy (non-hydrogen) atoms. The Bertz CT molecular complexity index is 4990. The Morgan fingerprint density at radius 2 is 0.744 bits per heavy atom. The minimum atomic E-state index is -0.704. The number of esters is 2. The second-order valence-corrected chi connectivity index (χ2v) is 37.6. The van der Waals surface area contributed by atoms with E-state index < -0.39 is 5.97 Å². The van der Waals surface area contributed by atoms with Crippen LogP contribution in [-0.4, -0.2) is 144 Å². The summed E-state index contributed by atoms with van der Waals surface area (Å²) in [6.07, 6.45) is 25.1. The number of rotatable bonds is 25. The Morgan fingerprint density at radius 3 is 1.05 bits per heavy atom. The van der Waals surface area contributed by atoms with Crippen LogP contribution in [0.2, 0.25) is 0 Å². The summed E-state index contributed by atoms with van der Waals surface area (Å²) >= 11 is 8.37. The number of thiazole rings is 3. The van der Waals surface area contributed by atoms with Crippen LogP contribution in [0.15, 0.2) is 130 Å². The number of carboxylic acid groups (broad SMARTS) is 1. The molecule has 3 aliphatic heterocycles. The molecule has 0 bridgehead atoms. The zero-order valence-corrected chi connectivity index (χ0v) is 81.6. The molecule has 25 heteroatoms. The number of carboxylic acids is 1. The smallest absolute Gasteiger partial charge is 0.870 e. The summed E-state index contributed by atoms with van der Waals surface area (Å²) in [5, 5.41) is 18.4. The number of ether oxygens (including phenoxy) is 5. The van der Waals surface area contributed by atoms with Crippen LogP contribution in [0.4, 0.5) is 15.4 Å². The normalized spacial score (nSPS) is 16.1. The van der Waals surface area contributed by atoms with E-state index in [1.807, 2.05) is 118 Å². The Balaban J connectivity index is 0.000000187. The minimum absolute atomic E-state index is 0. The molecule has 3 aromatic heterocycles. The van der Waals surface area contributed by atoms with E-state index in [1.54, 1.807) is 34.0 Å². The van der Waals surface area contributed by atoms with Crippen molar-refractivity contribution in [2.45, 2.75) is 235 Å². The number of hydrogen-bond donors (Lipinski definition) is 1. The van der Waals surface area contributed by atoms with Crippen LogP contribution in [0.3, 0.4) is 0 Å². The van der Waals surface area contributed by atoms with E-state index in [0.29, 0.717) is 71.0 Å². The second-order valence-electron chi connectivity index (χ2n) is 34.2. The van der Waals surface area contributed by atoms with Crippen molar-refractivity contribution >= 4 is 95.1 Å². The Hall–Kier alpha value is -8.20. The van der Waals surface area contributed by atoms with E-state index in [-0.39, 0.29) is 76.5 Å². The number of hydrogen-bond acceptors (Lipinski definition) is 20. The quantitative estimate of drug-likeness (QED) is 0.0413. The fourth-order valence-electron chi connectivity index (χ4n) is 17.5. The summed E-state index contributed by atoms with van der Waals surface area (Å²) < 4.78 is 30.5. The third-order valence-electron chi connectivity index (χ3n) is 25.4. The van der Waals surface area contributed by atoms with Crippen molar-refractivity contribution in [2.75, 3.05) is 81.3 Å². The predicted molar refractivity (Wildman–Crippen MR) is 504 cm³/mol. The summed E-state index contributed by atoms with van der Waals surface area (Å²) in [7, 11) is 3.88. The van der Waals surface area contributed by atoms with Crippen LogP contribution >= 0.6 is 49.9 Å². The fourth-order valence-corrected chi connectivity index (χ4v) is 20.6. The number of carbonyl (C=O) groups excluding carboxylic acids is 4. The number of aromatic nitrogens is 3. The van der Waals surface area contributed by atoms with Crippen LogP contribution in [0.1, 0.15) is 233 Å². The van der Waals surface area contributed by atoms with Gasteiger partial charge in [-0.25, -0.2) is 15.0 Å². The summed E-state index contributed by atoms with van der Waals surface area (Å²) in [6.45, 7) is 25.2.